The van der Waals surface area contributed by atoms with E-state index in [0.717, 1.165) is 12.2 Å². The Balaban J connectivity index is 2.18. The number of carbonyl (C=O) groups is 2. The van der Waals surface area contributed by atoms with Gasteiger partial charge in [-0.2, -0.15) is 0 Å². The minimum Gasteiger partial charge on any atom is -0.494 e. The van der Waals surface area contributed by atoms with Crippen molar-refractivity contribution in [2.75, 3.05) is 20.2 Å². The van der Waals surface area contributed by atoms with Crippen molar-refractivity contribution in [3.8, 4) is 5.75 Å². The van der Waals surface area contributed by atoms with Crippen LogP contribution in [-0.2, 0) is 9.59 Å². The highest BCUT2D eigenvalue weighted by Crippen LogP contribution is 2.08. The molecule has 0 aromatic heterocycles. The average Bonchev–Trinajstić information content (AvgIpc) is 2.34. The molecule has 0 unspecified atom stereocenters. The van der Waals surface area contributed by atoms with Crippen LogP contribution in [0.25, 0.3) is 0 Å². The van der Waals surface area contributed by atoms with Crippen LogP contribution >= 0.6 is 0 Å². The molecule has 0 radical (unpaired) electrons. The van der Waals surface area contributed by atoms with E-state index in [-0.39, 0.29) is 18.1 Å². The number of hydrogen-bond acceptors (Lipinski definition) is 3. The molecule has 0 saturated carbocycles. The Labute approximate surface area is 108 Å². The van der Waals surface area contributed by atoms with Crippen molar-refractivity contribution in [3.05, 3.63) is 30.3 Å². The van der Waals surface area contributed by atoms with Crippen LogP contribution in [0.3, 0.4) is 0 Å². The fourth-order valence-electron chi connectivity index (χ4n) is 1.48. The third-order valence-electron chi connectivity index (χ3n) is 2.48. The number of rotatable bonds is 7. The van der Waals surface area contributed by atoms with Crippen molar-refractivity contribution in [1.29, 1.82) is 0 Å². The molecule has 0 fully saturated rings. The van der Waals surface area contributed by atoms with Gasteiger partial charge in [-0.1, -0.05) is 18.2 Å². The van der Waals surface area contributed by atoms with Crippen molar-refractivity contribution in [1.82, 2.24) is 4.90 Å². The predicted octanol–water partition coefficient (Wildman–Crippen LogP) is 1.89. The smallest absolute Gasteiger partial charge is 0.229 e. The summed E-state index contributed by atoms with van der Waals surface area (Å²) < 4.78 is 5.51. The van der Waals surface area contributed by atoms with Crippen molar-refractivity contribution in [3.63, 3.8) is 0 Å². The van der Waals surface area contributed by atoms with E-state index < -0.39 is 0 Å². The quantitative estimate of drug-likeness (QED) is 0.547. The van der Waals surface area contributed by atoms with E-state index in [2.05, 4.69) is 0 Å². The molecule has 1 rings (SSSR count). The predicted molar refractivity (Wildman–Crippen MR) is 69.5 cm³/mol. The fourth-order valence-corrected chi connectivity index (χ4v) is 1.48. The van der Waals surface area contributed by atoms with Crippen LogP contribution in [0.15, 0.2) is 30.3 Å². The Hall–Kier alpha value is -1.84. The highest BCUT2D eigenvalue weighted by molar-refractivity contribution is 5.96. The van der Waals surface area contributed by atoms with E-state index in [1.165, 1.54) is 6.92 Å². The maximum absolute atomic E-state index is 11.5. The molecular weight excluding hydrogens is 230 g/mol. The zero-order chi connectivity index (χ0) is 13.4. The van der Waals surface area contributed by atoms with Gasteiger partial charge in [-0.25, -0.2) is 0 Å². The average molecular weight is 249 g/mol. The van der Waals surface area contributed by atoms with Crippen molar-refractivity contribution < 1.29 is 14.3 Å². The Morgan fingerprint density at radius 1 is 1.22 bits per heavy atom. The number of para-hydroxylation sites is 1. The summed E-state index contributed by atoms with van der Waals surface area (Å²) in [6.07, 6.45) is 0.727. The molecule has 0 spiro atoms. The summed E-state index contributed by atoms with van der Waals surface area (Å²) in [6.45, 7) is 2.57. The number of carbonyl (C=O) groups excluding carboxylic acids is 2. The topological polar surface area (TPSA) is 46.6 Å². The van der Waals surface area contributed by atoms with Gasteiger partial charge < -0.3 is 9.64 Å². The van der Waals surface area contributed by atoms with Gasteiger partial charge in [-0.15, -0.1) is 0 Å². The van der Waals surface area contributed by atoms with Gasteiger partial charge in [0.15, 0.2) is 0 Å². The normalized spacial score (nSPS) is 9.89. The van der Waals surface area contributed by atoms with Gasteiger partial charge in [-0.05, 0) is 25.5 Å². The van der Waals surface area contributed by atoms with E-state index in [4.69, 9.17) is 4.74 Å². The monoisotopic (exact) mass is 249 g/mol. The number of ketones is 1. The third-order valence-corrected chi connectivity index (χ3v) is 2.48. The van der Waals surface area contributed by atoms with E-state index in [1.54, 1.807) is 11.9 Å². The van der Waals surface area contributed by atoms with Crippen LogP contribution in [0, 0.1) is 0 Å². The maximum atomic E-state index is 11.5. The number of benzene rings is 1. The zero-order valence-corrected chi connectivity index (χ0v) is 10.9. The maximum Gasteiger partial charge on any atom is 0.229 e. The van der Waals surface area contributed by atoms with E-state index >= 15 is 0 Å². The molecule has 1 aromatic carbocycles. The van der Waals surface area contributed by atoms with Crippen LogP contribution < -0.4 is 4.74 Å². The number of hydrogen-bond donors (Lipinski definition) is 0. The molecule has 18 heavy (non-hydrogen) atoms. The number of ether oxygens (including phenoxy) is 1. The SMILES string of the molecule is CC(=O)CC(=O)N(C)CCCOc1ccccc1. The molecule has 0 atom stereocenters. The minimum atomic E-state index is -0.137. The van der Waals surface area contributed by atoms with Crippen LogP contribution in [0.2, 0.25) is 0 Å². The summed E-state index contributed by atoms with van der Waals surface area (Å²) in [5, 5.41) is 0. The first kappa shape index (κ1) is 14.2. The molecule has 4 nitrogen and oxygen atoms in total. The summed E-state index contributed by atoms with van der Waals surface area (Å²) in [5.41, 5.74) is 0. The van der Waals surface area contributed by atoms with E-state index in [0.29, 0.717) is 13.2 Å². The van der Waals surface area contributed by atoms with E-state index in [9.17, 15) is 9.59 Å². The summed E-state index contributed by atoms with van der Waals surface area (Å²) in [4.78, 5) is 23.8. The Morgan fingerprint density at radius 3 is 2.50 bits per heavy atom. The number of amides is 1. The van der Waals surface area contributed by atoms with Crippen LogP contribution in [-0.4, -0.2) is 36.8 Å². The summed E-state index contributed by atoms with van der Waals surface area (Å²) in [6, 6.07) is 9.55. The van der Waals surface area contributed by atoms with Crippen molar-refractivity contribution in [2.45, 2.75) is 19.8 Å². The number of nitrogens with zero attached hydrogens (tertiary/aromatic N) is 1. The standard InChI is InChI=1S/C14H19NO3/c1-12(16)11-14(17)15(2)9-6-10-18-13-7-4-3-5-8-13/h3-5,7-8H,6,9-11H2,1-2H3. The highest BCUT2D eigenvalue weighted by atomic mass is 16.5. The van der Waals surface area contributed by atoms with Crippen LogP contribution in [0.1, 0.15) is 19.8 Å². The van der Waals surface area contributed by atoms with Gasteiger partial charge in [-0.3, -0.25) is 9.59 Å². The first-order valence-corrected chi connectivity index (χ1v) is 6.01. The van der Waals surface area contributed by atoms with Crippen LogP contribution in [0.4, 0.5) is 0 Å². The van der Waals surface area contributed by atoms with Gasteiger partial charge >= 0.3 is 0 Å². The fraction of sp³-hybridized carbons (Fsp3) is 0.429. The van der Waals surface area contributed by atoms with Crippen LogP contribution in [0.5, 0.6) is 5.75 Å². The van der Waals surface area contributed by atoms with E-state index in [1.807, 2.05) is 30.3 Å². The van der Waals surface area contributed by atoms with Gasteiger partial charge in [0.25, 0.3) is 0 Å². The molecule has 1 aromatic rings. The van der Waals surface area contributed by atoms with Gasteiger partial charge in [0.2, 0.25) is 5.91 Å². The Bertz CT molecular complexity index is 389. The summed E-state index contributed by atoms with van der Waals surface area (Å²) in [5.74, 6) is 0.588. The molecule has 0 bridgehead atoms. The van der Waals surface area contributed by atoms with Crippen molar-refractivity contribution in [2.24, 2.45) is 0 Å². The summed E-state index contributed by atoms with van der Waals surface area (Å²) in [7, 11) is 1.70. The second-order valence-electron chi connectivity index (χ2n) is 4.21. The lowest BCUT2D eigenvalue weighted by Crippen LogP contribution is -2.29. The first-order valence-electron chi connectivity index (χ1n) is 6.01. The Morgan fingerprint density at radius 2 is 1.89 bits per heavy atom. The molecular formula is C14H19NO3. The van der Waals surface area contributed by atoms with Gasteiger partial charge in [0, 0.05) is 13.6 Å². The molecule has 0 heterocycles. The second kappa shape index (κ2) is 7.48. The molecule has 0 aliphatic carbocycles. The van der Waals surface area contributed by atoms with Crippen molar-refractivity contribution >= 4 is 11.7 Å². The third kappa shape index (κ3) is 5.48. The molecule has 98 valence electrons. The molecule has 4 heteroatoms. The minimum absolute atomic E-state index is 0.0178. The molecule has 0 aliphatic rings. The zero-order valence-electron chi connectivity index (χ0n) is 10.9. The summed E-state index contributed by atoms with van der Waals surface area (Å²) >= 11 is 0. The Kier molecular flexibility index (Phi) is 5.91. The molecule has 0 saturated heterocycles. The number of Topliss-reactive ketones (excluding diaryl/α,β-unsaturated/α-hetero) is 1. The lowest BCUT2D eigenvalue weighted by Gasteiger charge is -2.16. The highest BCUT2D eigenvalue weighted by Gasteiger charge is 2.10. The lowest BCUT2D eigenvalue weighted by atomic mass is 10.3. The largest absolute Gasteiger partial charge is 0.494 e. The van der Waals surface area contributed by atoms with Gasteiger partial charge in [0.05, 0.1) is 13.0 Å². The molecule has 1 amide bonds. The molecule has 0 aliphatic heterocycles. The van der Waals surface area contributed by atoms with Gasteiger partial charge in [0.1, 0.15) is 11.5 Å². The second-order valence-corrected chi connectivity index (χ2v) is 4.21. The lowest BCUT2D eigenvalue weighted by molar-refractivity contribution is -0.133. The first-order chi connectivity index (χ1) is 8.59. The molecule has 0 N–H and O–H groups in total.